The molecule has 0 fully saturated rings. The number of carbonyl (C=O) groups excluding carboxylic acids is 2. The molecule has 0 aliphatic rings. The van der Waals surface area contributed by atoms with Gasteiger partial charge in [0, 0.05) is 16.3 Å². The molecule has 3 N–H and O–H groups in total. The zero-order chi connectivity index (χ0) is 17.9. The Balaban J connectivity index is 2.09. The maximum Gasteiger partial charge on any atom is 0.339 e. The van der Waals surface area contributed by atoms with Crippen LogP contribution >= 0.6 is 11.6 Å². The second-order valence-electron chi connectivity index (χ2n) is 5.82. The normalized spacial score (nSPS) is 12.0. The van der Waals surface area contributed by atoms with Gasteiger partial charge in [0.1, 0.15) is 12.6 Å². The van der Waals surface area contributed by atoms with E-state index in [0.29, 0.717) is 27.5 Å². The summed E-state index contributed by atoms with van der Waals surface area (Å²) in [5.74, 6) is -0.490. The number of ether oxygens (including phenoxy) is 1. The first-order valence-corrected chi connectivity index (χ1v) is 8.12. The first-order valence-electron chi connectivity index (χ1n) is 7.74. The summed E-state index contributed by atoms with van der Waals surface area (Å²) < 4.78 is 4.77. The molecule has 0 bridgehead atoms. The van der Waals surface area contributed by atoms with E-state index in [4.69, 9.17) is 16.3 Å². The van der Waals surface area contributed by atoms with Gasteiger partial charge in [0.15, 0.2) is 0 Å². The van der Waals surface area contributed by atoms with Crippen molar-refractivity contribution in [1.82, 2.24) is 4.98 Å². The SMILES string of the molecule is COC(=O)c1c(C)[nH]c(C(=O)C[NH2+][C@@H](C)c2cccc(Cl)c2)c1C. The minimum atomic E-state index is -0.434. The third-order valence-corrected chi connectivity index (χ3v) is 4.37. The van der Waals surface area contributed by atoms with Crippen LogP contribution in [0, 0.1) is 13.8 Å². The highest BCUT2D eigenvalue weighted by Gasteiger charge is 2.23. The predicted molar refractivity (Wildman–Crippen MR) is 92.6 cm³/mol. The number of aromatic nitrogens is 1. The first kappa shape index (κ1) is 18.2. The highest BCUT2D eigenvalue weighted by molar-refractivity contribution is 6.30. The fourth-order valence-electron chi connectivity index (χ4n) is 2.75. The molecule has 0 aliphatic carbocycles. The summed E-state index contributed by atoms with van der Waals surface area (Å²) >= 11 is 6.00. The maximum atomic E-state index is 12.5. The van der Waals surface area contributed by atoms with Crippen LogP contribution in [-0.4, -0.2) is 30.4 Å². The predicted octanol–water partition coefficient (Wildman–Crippen LogP) is 2.58. The van der Waals surface area contributed by atoms with Gasteiger partial charge in [-0.05, 0) is 38.5 Å². The molecule has 0 amide bonds. The van der Waals surface area contributed by atoms with Crippen LogP contribution in [0.15, 0.2) is 24.3 Å². The highest BCUT2D eigenvalue weighted by Crippen LogP contribution is 2.19. The van der Waals surface area contributed by atoms with E-state index < -0.39 is 5.97 Å². The standard InChI is InChI=1S/C18H21ClN2O3/c1-10-16(18(23)24-4)12(3)21-17(10)15(22)9-20-11(2)13-6-5-7-14(19)8-13/h5-8,11,20-21H,9H2,1-4H3/p+1/t11-/m0/s1. The van der Waals surface area contributed by atoms with E-state index in [0.717, 1.165) is 5.56 Å². The number of rotatable bonds is 6. The quantitative estimate of drug-likeness (QED) is 0.621. The summed E-state index contributed by atoms with van der Waals surface area (Å²) in [7, 11) is 1.33. The van der Waals surface area contributed by atoms with Crippen molar-refractivity contribution < 1.29 is 19.6 Å². The van der Waals surface area contributed by atoms with Crippen molar-refractivity contribution >= 4 is 23.4 Å². The number of aryl methyl sites for hydroxylation is 1. The Hall–Kier alpha value is -2.11. The van der Waals surface area contributed by atoms with Crippen LogP contribution in [0.3, 0.4) is 0 Å². The number of aromatic amines is 1. The Labute approximate surface area is 146 Å². The lowest BCUT2D eigenvalue weighted by molar-refractivity contribution is -0.681. The van der Waals surface area contributed by atoms with Crippen LogP contribution in [0.1, 0.15) is 50.6 Å². The zero-order valence-corrected chi connectivity index (χ0v) is 15.0. The number of nitrogens with one attached hydrogen (secondary N) is 1. The monoisotopic (exact) mass is 349 g/mol. The largest absolute Gasteiger partial charge is 0.465 e. The number of carbonyl (C=O) groups is 2. The Morgan fingerprint density at radius 2 is 2.04 bits per heavy atom. The van der Waals surface area contributed by atoms with Crippen LogP contribution in [-0.2, 0) is 4.74 Å². The molecular formula is C18H22ClN2O3+. The van der Waals surface area contributed by atoms with Crippen LogP contribution in [0.2, 0.25) is 5.02 Å². The van der Waals surface area contributed by atoms with Crippen LogP contribution in [0.4, 0.5) is 0 Å². The van der Waals surface area contributed by atoms with E-state index in [-0.39, 0.29) is 18.4 Å². The fourth-order valence-corrected chi connectivity index (χ4v) is 2.95. The number of H-pyrrole nitrogens is 1. The summed E-state index contributed by atoms with van der Waals surface area (Å²) in [5, 5.41) is 2.62. The first-order chi connectivity index (χ1) is 11.3. The molecule has 2 aromatic rings. The molecule has 6 heteroatoms. The van der Waals surface area contributed by atoms with E-state index in [1.165, 1.54) is 7.11 Å². The average Bonchev–Trinajstić information content (AvgIpc) is 2.86. The van der Waals surface area contributed by atoms with Gasteiger partial charge >= 0.3 is 5.97 Å². The minimum Gasteiger partial charge on any atom is -0.465 e. The van der Waals surface area contributed by atoms with Crippen LogP contribution < -0.4 is 5.32 Å². The number of Topliss-reactive ketones (excluding diaryl/α,β-unsaturated/α-hetero) is 1. The molecule has 0 aliphatic heterocycles. The Bertz CT molecular complexity index is 768. The molecule has 2 rings (SSSR count). The van der Waals surface area contributed by atoms with Crippen molar-refractivity contribution in [2.45, 2.75) is 26.8 Å². The molecule has 0 saturated carbocycles. The van der Waals surface area contributed by atoms with E-state index in [9.17, 15) is 9.59 Å². The number of benzene rings is 1. The summed E-state index contributed by atoms with van der Waals surface area (Å²) in [6.45, 7) is 5.80. The molecule has 1 atom stereocenters. The topological polar surface area (TPSA) is 75.8 Å². The summed E-state index contributed by atoms with van der Waals surface area (Å²) in [5.41, 5.74) is 3.23. The number of methoxy groups -OCH3 is 1. The third kappa shape index (κ3) is 3.86. The highest BCUT2D eigenvalue weighted by atomic mass is 35.5. The molecular weight excluding hydrogens is 328 g/mol. The molecule has 0 radical (unpaired) electrons. The van der Waals surface area contributed by atoms with Crippen molar-refractivity contribution in [2.24, 2.45) is 0 Å². The number of halogens is 1. The van der Waals surface area contributed by atoms with Gasteiger partial charge in [0.05, 0.1) is 18.4 Å². The lowest BCUT2D eigenvalue weighted by atomic mass is 10.1. The number of esters is 1. The molecule has 24 heavy (non-hydrogen) atoms. The van der Waals surface area contributed by atoms with Crippen molar-refractivity contribution in [3.05, 3.63) is 57.4 Å². The van der Waals surface area contributed by atoms with E-state index in [1.807, 2.05) is 36.5 Å². The van der Waals surface area contributed by atoms with Gasteiger partial charge in [0.2, 0.25) is 5.78 Å². The van der Waals surface area contributed by atoms with Crippen LogP contribution in [0.25, 0.3) is 0 Å². The summed E-state index contributed by atoms with van der Waals surface area (Å²) in [6.07, 6.45) is 0. The second kappa shape index (κ2) is 7.64. The lowest BCUT2D eigenvalue weighted by Crippen LogP contribution is -2.86. The van der Waals surface area contributed by atoms with E-state index >= 15 is 0 Å². The molecule has 0 unspecified atom stereocenters. The Morgan fingerprint density at radius 3 is 2.67 bits per heavy atom. The number of nitrogens with two attached hydrogens (primary N) is 1. The van der Waals surface area contributed by atoms with Crippen molar-refractivity contribution in [2.75, 3.05) is 13.7 Å². The molecule has 1 heterocycles. The van der Waals surface area contributed by atoms with Crippen molar-refractivity contribution in [3.8, 4) is 0 Å². The minimum absolute atomic E-state index is 0.0559. The smallest absolute Gasteiger partial charge is 0.339 e. The van der Waals surface area contributed by atoms with Gasteiger partial charge in [-0.3, -0.25) is 4.79 Å². The molecule has 1 aromatic heterocycles. The number of quaternary nitrogens is 1. The number of hydrogen-bond donors (Lipinski definition) is 2. The Kier molecular flexibility index (Phi) is 5.80. The van der Waals surface area contributed by atoms with Gasteiger partial charge in [-0.1, -0.05) is 23.7 Å². The second-order valence-corrected chi connectivity index (χ2v) is 6.26. The van der Waals surface area contributed by atoms with Gasteiger partial charge < -0.3 is 15.0 Å². The molecule has 128 valence electrons. The maximum absolute atomic E-state index is 12.5. The molecule has 5 nitrogen and oxygen atoms in total. The van der Waals surface area contributed by atoms with Crippen molar-refractivity contribution in [1.29, 1.82) is 0 Å². The van der Waals surface area contributed by atoms with Gasteiger partial charge in [0.25, 0.3) is 0 Å². The van der Waals surface area contributed by atoms with Gasteiger partial charge in [-0.15, -0.1) is 0 Å². The molecule has 0 saturated heterocycles. The lowest BCUT2D eigenvalue weighted by Gasteiger charge is -2.11. The fraction of sp³-hybridized carbons (Fsp3) is 0.333. The van der Waals surface area contributed by atoms with Crippen molar-refractivity contribution in [3.63, 3.8) is 0 Å². The zero-order valence-electron chi connectivity index (χ0n) is 14.3. The van der Waals surface area contributed by atoms with Gasteiger partial charge in [-0.2, -0.15) is 0 Å². The van der Waals surface area contributed by atoms with Crippen LogP contribution in [0.5, 0.6) is 0 Å². The third-order valence-electron chi connectivity index (χ3n) is 4.14. The number of ketones is 1. The average molecular weight is 350 g/mol. The molecule has 1 aromatic carbocycles. The number of hydrogen-bond acceptors (Lipinski definition) is 3. The molecule has 0 spiro atoms. The summed E-state index contributed by atoms with van der Waals surface area (Å²) in [4.78, 5) is 27.3. The van der Waals surface area contributed by atoms with E-state index in [2.05, 4.69) is 4.98 Å². The summed E-state index contributed by atoms with van der Waals surface area (Å²) in [6, 6.07) is 7.70. The van der Waals surface area contributed by atoms with Gasteiger partial charge in [-0.25, -0.2) is 4.79 Å². The van der Waals surface area contributed by atoms with E-state index in [1.54, 1.807) is 13.8 Å². The Morgan fingerprint density at radius 1 is 1.33 bits per heavy atom.